The Labute approximate surface area is 250 Å². The van der Waals surface area contributed by atoms with Gasteiger partial charge in [0.15, 0.2) is 0 Å². The van der Waals surface area contributed by atoms with E-state index >= 15 is 0 Å². The number of piperazine rings is 1. The van der Waals surface area contributed by atoms with Gasteiger partial charge in [0.05, 0.1) is 0 Å². The maximum absolute atomic E-state index is 10.3. The minimum atomic E-state index is 0.755. The smallest absolute Gasteiger partial charge is 0.119 e. The summed E-state index contributed by atoms with van der Waals surface area (Å²) in [6.45, 7) is 4.95. The largest absolute Gasteiger partial charge is 0.314 e. The Morgan fingerprint density at radius 1 is 0.475 bits per heavy atom. The highest BCUT2D eigenvalue weighted by atomic mass is 16.1. The van der Waals surface area contributed by atoms with E-state index in [1.807, 2.05) is 0 Å². The SMILES string of the molecule is O=CCCCCCCCCCCCCCCCC1CNCCN1CCCCCCCCCCCCCCCC=O. The van der Waals surface area contributed by atoms with Crippen LogP contribution in [0.15, 0.2) is 0 Å². The summed E-state index contributed by atoms with van der Waals surface area (Å²) in [5, 5.41) is 3.65. The summed E-state index contributed by atoms with van der Waals surface area (Å²) < 4.78 is 0. The average molecular weight is 563 g/mol. The molecule has 1 heterocycles. The zero-order valence-electron chi connectivity index (χ0n) is 26.8. The predicted molar refractivity (Wildman–Crippen MR) is 174 cm³/mol. The van der Waals surface area contributed by atoms with Gasteiger partial charge in [0, 0.05) is 38.5 Å². The molecule has 0 radical (unpaired) electrons. The molecule has 0 bridgehead atoms. The van der Waals surface area contributed by atoms with E-state index in [4.69, 9.17) is 0 Å². The predicted octanol–water partition coefficient (Wildman–Crippen LogP) is 9.97. The molecule has 1 fully saturated rings. The molecule has 1 aliphatic heterocycles. The van der Waals surface area contributed by atoms with Gasteiger partial charge in [-0.1, -0.05) is 148 Å². The first-order chi connectivity index (χ1) is 19.9. The van der Waals surface area contributed by atoms with Crippen molar-refractivity contribution in [2.24, 2.45) is 0 Å². The van der Waals surface area contributed by atoms with E-state index in [9.17, 15) is 9.59 Å². The van der Waals surface area contributed by atoms with Crippen LogP contribution in [0.2, 0.25) is 0 Å². The Morgan fingerprint density at radius 2 is 0.825 bits per heavy atom. The van der Waals surface area contributed by atoms with Crippen LogP contribution in [0.4, 0.5) is 0 Å². The normalized spacial score (nSPS) is 15.9. The zero-order valence-corrected chi connectivity index (χ0v) is 26.8. The Hall–Kier alpha value is -0.740. The molecule has 1 atom stereocenters. The van der Waals surface area contributed by atoms with Gasteiger partial charge in [0.1, 0.15) is 12.6 Å². The van der Waals surface area contributed by atoms with E-state index in [0.29, 0.717) is 0 Å². The minimum Gasteiger partial charge on any atom is -0.314 e. The molecular weight excluding hydrogens is 492 g/mol. The molecule has 1 rings (SSSR count). The summed E-state index contributed by atoms with van der Waals surface area (Å²) in [6.07, 6.45) is 40.5. The number of nitrogens with one attached hydrogen (secondary N) is 1. The Kier molecular flexibility index (Phi) is 29.1. The van der Waals surface area contributed by atoms with Gasteiger partial charge in [-0.05, 0) is 32.2 Å². The molecule has 236 valence electrons. The second-order valence-corrected chi connectivity index (χ2v) is 12.8. The lowest BCUT2D eigenvalue weighted by Gasteiger charge is -2.36. The third-order valence-electron chi connectivity index (χ3n) is 9.10. The number of nitrogens with zero attached hydrogens (tertiary/aromatic N) is 1. The van der Waals surface area contributed by atoms with E-state index < -0.39 is 0 Å². The summed E-state index contributed by atoms with van der Waals surface area (Å²) in [7, 11) is 0. The van der Waals surface area contributed by atoms with Crippen molar-refractivity contribution in [2.45, 2.75) is 192 Å². The van der Waals surface area contributed by atoms with E-state index in [2.05, 4.69) is 10.2 Å². The lowest BCUT2D eigenvalue weighted by molar-refractivity contribution is -0.108. The van der Waals surface area contributed by atoms with E-state index in [1.54, 1.807) is 0 Å². The number of aldehydes is 2. The third kappa shape index (κ3) is 25.0. The molecule has 0 aliphatic carbocycles. The number of rotatable bonds is 32. The van der Waals surface area contributed by atoms with Gasteiger partial charge < -0.3 is 14.9 Å². The summed E-state index contributed by atoms with van der Waals surface area (Å²) in [4.78, 5) is 23.4. The van der Waals surface area contributed by atoms with Gasteiger partial charge in [-0.3, -0.25) is 4.90 Å². The van der Waals surface area contributed by atoms with Crippen molar-refractivity contribution in [1.82, 2.24) is 10.2 Å². The lowest BCUT2D eigenvalue weighted by atomic mass is 10.0. The molecule has 0 aromatic carbocycles. The van der Waals surface area contributed by atoms with Gasteiger partial charge in [0.25, 0.3) is 0 Å². The summed E-state index contributed by atoms with van der Waals surface area (Å²) in [5.74, 6) is 0. The molecule has 1 unspecified atom stereocenters. The van der Waals surface area contributed by atoms with Crippen molar-refractivity contribution in [3.63, 3.8) is 0 Å². The third-order valence-corrected chi connectivity index (χ3v) is 9.10. The second kappa shape index (κ2) is 31.2. The molecule has 0 saturated carbocycles. The van der Waals surface area contributed by atoms with Crippen LogP contribution in [-0.4, -0.2) is 49.7 Å². The molecule has 1 N–H and O–H groups in total. The van der Waals surface area contributed by atoms with Crippen molar-refractivity contribution >= 4 is 12.6 Å². The Bertz CT molecular complexity index is 481. The topological polar surface area (TPSA) is 49.4 Å². The standard InChI is InChI=1S/C36H70N2O2/c39-33-27-23-19-15-11-7-3-1-5-9-13-17-21-25-29-36-35-37-30-32-38(36)31-26-22-18-14-10-6-2-4-8-12-16-20-24-28-34-40/h33-34,36-37H,1-32,35H2. The highest BCUT2D eigenvalue weighted by Gasteiger charge is 2.20. The molecule has 40 heavy (non-hydrogen) atoms. The van der Waals surface area contributed by atoms with Crippen molar-refractivity contribution < 1.29 is 9.59 Å². The van der Waals surface area contributed by atoms with Gasteiger partial charge >= 0.3 is 0 Å². The summed E-state index contributed by atoms with van der Waals surface area (Å²) in [6, 6.07) is 0.775. The van der Waals surface area contributed by atoms with Crippen molar-refractivity contribution in [3.8, 4) is 0 Å². The number of carbonyl (C=O) groups excluding carboxylic acids is 2. The first-order valence-electron chi connectivity index (χ1n) is 18.2. The van der Waals surface area contributed by atoms with E-state index in [1.165, 1.54) is 187 Å². The van der Waals surface area contributed by atoms with Crippen molar-refractivity contribution in [1.29, 1.82) is 0 Å². The van der Waals surface area contributed by atoms with Crippen LogP contribution in [0.3, 0.4) is 0 Å². The summed E-state index contributed by atoms with van der Waals surface area (Å²) >= 11 is 0. The molecule has 0 spiro atoms. The molecule has 1 aliphatic rings. The summed E-state index contributed by atoms with van der Waals surface area (Å²) in [5.41, 5.74) is 0. The zero-order chi connectivity index (χ0) is 28.6. The highest BCUT2D eigenvalue weighted by molar-refractivity contribution is 5.49. The van der Waals surface area contributed by atoms with Gasteiger partial charge in [-0.2, -0.15) is 0 Å². The number of hydrogen-bond donors (Lipinski definition) is 1. The fraction of sp³-hybridized carbons (Fsp3) is 0.944. The fourth-order valence-electron chi connectivity index (χ4n) is 6.42. The second-order valence-electron chi connectivity index (χ2n) is 12.8. The van der Waals surface area contributed by atoms with Crippen LogP contribution < -0.4 is 5.32 Å². The van der Waals surface area contributed by atoms with Crippen LogP contribution in [0, 0.1) is 0 Å². The number of carbonyl (C=O) groups is 2. The fourth-order valence-corrected chi connectivity index (χ4v) is 6.42. The monoisotopic (exact) mass is 563 g/mol. The van der Waals surface area contributed by atoms with Crippen LogP contribution >= 0.6 is 0 Å². The molecular formula is C36H70N2O2. The van der Waals surface area contributed by atoms with Crippen LogP contribution in [0.1, 0.15) is 186 Å². The van der Waals surface area contributed by atoms with Gasteiger partial charge in [-0.25, -0.2) is 0 Å². The van der Waals surface area contributed by atoms with Gasteiger partial charge in [0.2, 0.25) is 0 Å². The lowest BCUT2D eigenvalue weighted by Crippen LogP contribution is -2.51. The Morgan fingerprint density at radius 3 is 1.23 bits per heavy atom. The van der Waals surface area contributed by atoms with E-state index in [0.717, 1.165) is 44.3 Å². The highest BCUT2D eigenvalue weighted by Crippen LogP contribution is 2.17. The van der Waals surface area contributed by atoms with Crippen molar-refractivity contribution in [2.75, 3.05) is 26.2 Å². The molecule has 0 amide bonds. The number of hydrogen-bond acceptors (Lipinski definition) is 4. The molecule has 0 aromatic rings. The molecule has 4 heteroatoms. The molecule has 1 saturated heterocycles. The first kappa shape index (κ1) is 37.3. The Balaban J connectivity index is 1.86. The quantitative estimate of drug-likeness (QED) is 0.0654. The maximum atomic E-state index is 10.3. The number of unbranched alkanes of at least 4 members (excludes halogenated alkanes) is 26. The molecule has 0 aromatic heterocycles. The molecule has 4 nitrogen and oxygen atoms in total. The average Bonchev–Trinajstić information content (AvgIpc) is 2.97. The first-order valence-corrected chi connectivity index (χ1v) is 18.2. The minimum absolute atomic E-state index is 0.755. The van der Waals surface area contributed by atoms with Crippen LogP contribution in [-0.2, 0) is 9.59 Å². The van der Waals surface area contributed by atoms with Crippen molar-refractivity contribution in [3.05, 3.63) is 0 Å². The van der Waals surface area contributed by atoms with Crippen LogP contribution in [0.25, 0.3) is 0 Å². The van der Waals surface area contributed by atoms with E-state index in [-0.39, 0.29) is 0 Å². The maximum Gasteiger partial charge on any atom is 0.119 e. The van der Waals surface area contributed by atoms with Crippen LogP contribution in [0.5, 0.6) is 0 Å². The van der Waals surface area contributed by atoms with Gasteiger partial charge in [-0.15, -0.1) is 0 Å².